The summed E-state index contributed by atoms with van der Waals surface area (Å²) in [6.07, 6.45) is 1.24. The summed E-state index contributed by atoms with van der Waals surface area (Å²) in [5.74, 6) is 0. The highest BCUT2D eigenvalue weighted by molar-refractivity contribution is 6.09. The summed E-state index contributed by atoms with van der Waals surface area (Å²) in [5, 5.41) is 17.5. The normalized spacial score (nSPS) is 20.8. The summed E-state index contributed by atoms with van der Waals surface area (Å²) < 4.78 is 28.2. The number of allylic oxidation sites excluding steroid dienone is 2. The van der Waals surface area contributed by atoms with Gasteiger partial charge >= 0.3 is 0 Å². The van der Waals surface area contributed by atoms with Gasteiger partial charge < -0.3 is 36.9 Å². The average Bonchev–Trinajstić information content (AvgIpc) is 3.48. The second-order valence-electron chi connectivity index (χ2n) is 8.84. The van der Waals surface area contributed by atoms with Gasteiger partial charge in [-0.25, -0.2) is 8.78 Å². The molecule has 3 aliphatic heterocycles. The zero-order valence-electron chi connectivity index (χ0n) is 19.7. The quantitative estimate of drug-likeness (QED) is 0.282. The summed E-state index contributed by atoms with van der Waals surface area (Å²) in [5.41, 5.74) is 15.0. The van der Waals surface area contributed by atoms with E-state index in [4.69, 9.17) is 11.1 Å². The molecule has 1 fully saturated rings. The largest absolute Gasteiger partial charge is 0.393 e. The first-order valence-electron chi connectivity index (χ1n) is 11.6. The van der Waals surface area contributed by atoms with Gasteiger partial charge in [-0.2, -0.15) is 0 Å². The maximum atomic E-state index is 14.1. The summed E-state index contributed by atoms with van der Waals surface area (Å²) >= 11 is 0. The Morgan fingerprint density at radius 1 is 1.41 bits per heavy atom. The lowest BCUT2D eigenvalue weighted by molar-refractivity contribution is 0.151. The monoisotopic (exact) mass is 469 g/mol. The Kier molecular flexibility index (Phi) is 7.07. The number of halogens is 2. The third-order valence-electron chi connectivity index (χ3n) is 6.82. The Morgan fingerprint density at radius 3 is 2.82 bits per heavy atom. The molecule has 3 heterocycles. The van der Waals surface area contributed by atoms with Crippen LogP contribution < -0.4 is 26.6 Å². The first-order valence-corrected chi connectivity index (χ1v) is 11.6. The first kappa shape index (κ1) is 24.0. The van der Waals surface area contributed by atoms with Crippen LogP contribution in [0.15, 0.2) is 47.7 Å². The van der Waals surface area contributed by atoms with E-state index < -0.39 is 12.6 Å². The molecule has 1 saturated heterocycles. The molecular weight excluding hydrogens is 436 g/mol. The minimum absolute atomic E-state index is 0.0974. The van der Waals surface area contributed by atoms with Crippen molar-refractivity contribution in [1.29, 1.82) is 5.41 Å². The molecule has 2 atom stereocenters. The molecule has 1 aromatic rings. The fourth-order valence-electron chi connectivity index (χ4n) is 4.97. The van der Waals surface area contributed by atoms with Crippen LogP contribution in [0.4, 0.5) is 14.5 Å². The Bertz CT molecular complexity index is 1070. The van der Waals surface area contributed by atoms with Gasteiger partial charge in [0.05, 0.1) is 23.6 Å². The number of rotatable bonds is 9. The fourth-order valence-corrected chi connectivity index (χ4v) is 4.97. The van der Waals surface area contributed by atoms with Crippen LogP contribution >= 0.6 is 0 Å². The molecule has 0 aromatic heterocycles. The summed E-state index contributed by atoms with van der Waals surface area (Å²) in [7, 11) is 1.69. The van der Waals surface area contributed by atoms with Gasteiger partial charge in [0.15, 0.2) is 0 Å². The molecular formula is C25H33F2N7. The van der Waals surface area contributed by atoms with E-state index in [0.29, 0.717) is 36.7 Å². The molecule has 3 aliphatic rings. The first-order chi connectivity index (χ1) is 16.4. The highest BCUT2D eigenvalue weighted by atomic mass is 19.3. The number of benzene rings is 1. The van der Waals surface area contributed by atoms with Gasteiger partial charge in [-0.1, -0.05) is 6.58 Å². The number of hydrogen-bond acceptors (Lipinski definition) is 7. The van der Waals surface area contributed by atoms with Gasteiger partial charge in [0.1, 0.15) is 6.17 Å². The Labute approximate surface area is 199 Å². The maximum absolute atomic E-state index is 14.1. The van der Waals surface area contributed by atoms with E-state index >= 15 is 0 Å². The van der Waals surface area contributed by atoms with Crippen LogP contribution in [0.5, 0.6) is 0 Å². The number of nitrogens with two attached hydrogens (primary N) is 1. The van der Waals surface area contributed by atoms with Gasteiger partial charge in [-0.3, -0.25) is 0 Å². The number of nitrogens with zero attached hydrogens (tertiary/aromatic N) is 2. The van der Waals surface area contributed by atoms with Gasteiger partial charge in [-0.15, -0.1) is 5.73 Å². The van der Waals surface area contributed by atoms with Crippen molar-refractivity contribution >= 4 is 17.5 Å². The maximum Gasteiger partial charge on any atom is 0.264 e. The van der Waals surface area contributed by atoms with Crippen molar-refractivity contribution in [2.24, 2.45) is 5.73 Å². The van der Waals surface area contributed by atoms with Crippen LogP contribution in [-0.4, -0.2) is 56.5 Å². The third kappa shape index (κ3) is 4.34. The topological polar surface area (TPSA) is 92.4 Å². The van der Waals surface area contributed by atoms with E-state index in [2.05, 4.69) is 33.2 Å². The summed E-state index contributed by atoms with van der Waals surface area (Å²) in [6.45, 7) is 8.95. The molecule has 0 aliphatic carbocycles. The van der Waals surface area contributed by atoms with E-state index in [1.165, 1.54) is 0 Å². The van der Waals surface area contributed by atoms with E-state index in [1.807, 2.05) is 11.8 Å². The molecule has 0 spiro atoms. The van der Waals surface area contributed by atoms with Crippen molar-refractivity contribution in [3.63, 3.8) is 0 Å². The molecule has 9 heteroatoms. The van der Waals surface area contributed by atoms with Gasteiger partial charge in [0.2, 0.25) is 0 Å². The molecule has 7 nitrogen and oxygen atoms in total. The molecule has 0 radical (unpaired) electrons. The second kappa shape index (κ2) is 10.0. The number of alkyl halides is 2. The van der Waals surface area contributed by atoms with Gasteiger partial charge in [0, 0.05) is 55.4 Å². The van der Waals surface area contributed by atoms with E-state index in [9.17, 15) is 8.78 Å². The molecule has 34 heavy (non-hydrogen) atoms. The number of anilines is 1. The van der Waals surface area contributed by atoms with Crippen molar-refractivity contribution in [2.45, 2.75) is 38.4 Å². The zero-order chi connectivity index (χ0) is 24.4. The minimum atomic E-state index is -2.67. The van der Waals surface area contributed by atoms with E-state index in [-0.39, 0.29) is 5.56 Å². The van der Waals surface area contributed by atoms with Crippen molar-refractivity contribution < 1.29 is 8.78 Å². The predicted molar refractivity (Wildman–Crippen MR) is 133 cm³/mol. The van der Waals surface area contributed by atoms with E-state index in [1.54, 1.807) is 25.4 Å². The van der Waals surface area contributed by atoms with Crippen LogP contribution in [0.25, 0.3) is 5.57 Å². The van der Waals surface area contributed by atoms with Crippen molar-refractivity contribution in [3.05, 3.63) is 64.4 Å². The summed E-state index contributed by atoms with van der Waals surface area (Å²) in [4.78, 5) is 4.09. The molecule has 0 saturated carbocycles. The lowest BCUT2D eigenvalue weighted by Crippen LogP contribution is -2.55. The number of nitrogens with one attached hydrogen (secondary N) is 4. The Balaban J connectivity index is 1.70. The van der Waals surface area contributed by atoms with Gasteiger partial charge in [0.25, 0.3) is 6.43 Å². The van der Waals surface area contributed by atoms with Crippen LogP contribution in [0.2, 0.25) is 0 Å². The molecule has 4 rings (SSSR count). The molecule has 0 bridgehead atoms. The van der Waals surface area contributed by atoms with Crippen LogP contribution in [0, 0.1) is 5.41 Å². The number of fused-ring (bicyclic) bond motifs is 1. The molecule has 6 N–H and O–H groups in total. The van der Waals surface area contributed by atoms with Crippen LogP contribution in [0.1, 0.15) is 36.5 Å². The molecule has 2 unspecified atom stereocenters. The lowest BCUT2D eigenvalue weighted by Gasteiger charge is -2.45. The minimum Gasteiger partial charge on any atom is -0.393 e. The molecule has 1 aromatic carbocycles. The van der Waals surface area contributed by atoms with Crippen molar-refractivity contribution in [3.8, 4) is 0 Å². The van der Waals surface area contributed by atoms with Crippen molar-refractivity contribution in [2.75, 3.05) is 38.1 Å². The standard InChI is InChI=1S/C25H33F2N7/c1-4-15(2)34-14-21(32-18-5-7-31-13-18)23(34)25(29)33-8-6-16-9-19(17(11-28)12-30-3)20(24(26)27)10-22(16)33/h9-12,18,24-25,28,30-32H,1,5-8,13-14,29H2,2-3H3/b17-12+,28-11?. The lowest BCUT2D eigenvalue weighted by atomic mass is 9.96. The van der Waals surface area contributed by atoms with Crippen LogP contribution in [-0.2, 0) is 6.42 Å². The highest BCUT2D eigenvalue weighted by Gasteiger charge is 2.38. The second-order valence-corrected chi connectivity index (χ2v) is 8.84. The highest BCUT2D eigenvalue weighted by Crippen LogP contribution is 2.40. The third-order valence-corrected chi connectivity index (χ3v) is 6.82. The van der Waals surface area contributed by atoms with E-state index in [0.717, 1.165) is 54.1 Å². The van der Waals surface area contributed by atoms with Crippen molar-refractivity contribution in [1.82, 2.24) is 20.9 Å². The number of hydrogen-bond donors (Lipinski definition) is 5. The fraction of sp³-hybridized carbons (Fsp3) is 0.440. The Morgan fingerprint density at radius 2 is 2.21 bits per heavy atom. The molecule has 0 amide bonds. The van der Waals surface area contributed by atoms with Crippen LogP contribution in [0.3, 0.4) is 0 Å². The van der Waals surface area contributed by atoms with Gasteiger partial charge in [-0.05, 0) is 49.6 Å². The Hall–Kier alpha value is -3.13. The summed E-state index contributed by atoms with van der Waals surface area (Å²) in [6, 6.07) is 3.68. The smallest absolute Gasteiger partial charge is 0.264 e. The predicted octanol–water partition coefficient (Wildman–Crippen LogP) is 2.65. The molecule has 182 valence electrons. The zero-order valence-corrected chi connectivity index (χ0v) is 19.7. The SMILES string of the molecule is C=C=C(C)N1CC(NC2CCNC2)=C1C(N)N1CCc2cc(/C(C=N)=C/NC)c(C(F)F)cc21. The average molecular weight is 470 g/mol.